The molecule has 3 aromatic rings. The van der Waals surface area contributed by atoms with Crippen LogP contribution in [0.1, 0.15) is 30.0 Å². The number of hydrogen-bond donors (Lipinski definition) is 2. The van der Waals surface area contributed by atoms with Crippen LogP contribution in [0, 0.1) is 0 Å². The lowest BCUT2D eigenvalue weighted by Crippen LogP contribution is -2.34. The predicted molar refractivity (Wildman–Crippen MR) is 94.0 cm³/mol. The number of nitrogens with zero attached hydrogens (tertiary/aromatic N) is 2. The number of benzene rings is 2. The third-order valence-corrected chi connectivity index (χ3v) is 4.40. The smallest absolute Gasteiger partial charge is 0.319 e. The van der Waals surface area contributed by atoms with Gasteiger partial charge in [-0.1, -0.05) is 30.3 Å². The van der Waals surface area contributed by atoms with Crippen LogP contribution in [0.2, 0.25) is 0 Å². The van der Waals surface area contributed by atoms with E-state index in [4.69, 9.17) is 4.42 Å². The second-order valence-electron chi connectivity index (χ2n) is 6.07. The van der Waals surface area contributed by atoms with Crippen LogP contribution >= 0.6 is 0 Å². The molecular formula is C19H18N4O2. The van der Waals surface area contributed by atoms with Gasteiger partial charge >= 0.3 is 6.03 Å². The van der Waals surface area contributed by atoms with Crippen LogP contribution in [0.25, 0.3) is 11.5 Å². The average Bonchev–Trinajstić information content (AvgIpc) is 3.17. The van der Waals surface area contributed by atoms with Crippen LogP contribution in [0.3, 0.4) is 0 Å². The highest BCUT2D eigenvalue weighted by molar-refractivity contribution is 5.90. The van der Waals surface area contributed by atoms with Gasteiger partial charge in [0, 0.05) is 11.3 Å². The maximum Gasteiger partial charge on any atom is 0.319 e. The molecule has 1 aromatic heterocycles. The van der Waals surface area contributed by atoms with E-state index in [0.717, 1.165) is 24.8 Å². The quantitative estimate of drug-likeness (QED) is 0.760. The van der Waals surface area contributed by atoms with Crippen molar-refractivity contribution in [3.8, 4) is 11.5 Å². The van der Waals surface area contributed by atoms with Crippen molar-refractivity contribution in [2.45, 2.75) is 25.3 Å². The maximum atomic E-state index is 12.4. The van der Waals surface area contributed by atoms with Gasteiger partial charge in [-0.3, -0.25) is 0 Å². The summed E-state index contributed by atoms with van der Waals surface area (Å²) >= 11 is 0. The number of urea groups is 1. The fraction of sp³-hybridized carbons (Fsp3) is 0.211. The number of carbonyl (C=O) groups excluding carboxylic acids is 1. The Morgan fingerprint density at radius 3 is 2.96 bits per heavy atom. The van der Waals surface area contributed by atoms with Crippen LogP contribution < -0.4 is 10.6 Å². The number of hydrogen-bond acceptors (Lipinski definition) is 4. The van der Waals surface area contributed by atoms with Crippen molar-refractivity contribution in [1.29, 1.82) is 0 Å². The minimum atomic E-state index is -0.218. The summed E-state index contributed by atoms with van der Waals surface area (Å²) in [6, 6.07) is 15.4. The fourth-order valence-electron chi connectivity index (χ4n) is 3.26. The van der Waals surface area contributed by atoms with E-state index in [9.17, 15) is 4.79 Å². The van der Waals surface area contributed by atoms with Crippen molar-refractivity contribution in [2.24, 2.45) is 0 Å². The van der Waals surface area contributed by atoms with Crippen molar-refractivity contribution < 1.29 is 9.21 Å². The predicted octanol–water partition coefficient (Wildman–Crippen LogP) is 3.94. The molecule has 0 bridgehead atoms. The number of aryl methyl sites for hydroxylation is 1. The van der Waals surface area contributed by atoms with E-state index in [-0.39, 0.29) is 12.1 Å². The fourth-order valence-corrected chi connectivity index (χ4v) is 3.26. The molecule has 0 aliphatic heterocycles. The van der Waals surface area contributed by atoms with Gasteiger partial charge in [-0.15, -0.1) is 10.2 Å². The SMILES string of the molecule is O=C(Nc1cccc(-c2nnco2)c1)NC1CCCc2ccccc21. The molecule has 1 aliphatic carbocycles. The molecule has 1 heterocycles. The standard InChI is InChI=1S/C19H18N4O2/c24-19(22-17-10-4-6-13-5-1-2-9-16(13)17)21-15-8-3-7-14(11-15)18-23-20-12-25-18/h1-3,5,7-9,11-12,17H,4,6,10H2,(H2,21,22,24). The zero-order valence-electron chi connectivity index (χ0n) is 13.6. The third kappa shape index (κ3) is 3.38. The summed E-state index contributed by atoms with van der Waals surface area (Å²) in [7, 11) is 0. The van der Waals surface area contributed by atoms with E-state index in [1.807, 2.05) is 36.4 Å². The van der Waals surface area contributed by atoms with Gasteiger partial charge in [0.05, 0.1) is 6.04 Å². The average molecular weight is 334 g/mol. The number of fused-ring (bicyclic) bond motifs is 1. The Balaban J connectivity index is 1.46. The first-order valence-corrected chi connectivity index (χ1v) is 8.31. The van der Waals surface area contributed by atoms with Gasteiger partial charge in [-0.25, -0.2) is 4.79 Å². The van der Waals surface area contributed by atoms with Crippen molar-refractivity contribution in [2.75, 3.05) is 5.32 Å². The van der Waals surface area contributed by atoms with Gasteiger partial charge in [0.15, 0.2) is 0 Å². The molecule has 25 heavy (non-hydrogen) atoms. The van der Waals surface area contributed by atoms with Crippen LogP contribution in [0.15, 0.2) is 59.3 Å². The van der Waals surface area contributed by atoms with Gasteiger partial charge in [0.2, 0.25) is 12.3 Å². The first-order valence-electron chi connectivity index (χ1n) is 8.31. The minimum Gasteiger partial charge on any atom is -0.423 e. The van der Waals surface area contributed by atoms with Gasteiger partial charge in [0.1, 0.15) is 0 Å². The van der Waals surface area contributed by atoms with Crippen molar-refractivity contribution >= 4 is 11.7 Å². The van der Waals surface area contributed by atoms with E-state index in [2.05, 4.69) is 33.0 Å². The molecule has 2 aromatic carbocycles. The lowest BCUT2D eigenvalue weighted by atomic mass is 9.88. The van der Waals surface area contributed by atoms with E-state index in [1.165, 1.54) is 17.5 Å². The highest BCUT2D eigenvalue weighted by atomic mass is 16.4. The Labute approximate surface area is 145 Å². The molecule has 1 atom stereocenters. The highest BCUT2D eigenvalue weighted by Crippen LogP contribution is 2.29. The first kappa shape index (κ1) is 15.4. The van der Waals surface area contributed by atoms with Gasteiger partial charge < -0.3 is 15.1 Å². The summed E-state index contributed by atoms with van der Waals surface area (Å²) in [4.78, 5) is 12.4. The topological polar surface area (TPSA) is 80.1 Å². The summed E-state index contributed by atoms with van der Waals surface area (Å²) < 4.78 is 5.19. The highest BCUT2D eigenvalue weighted by Gasteiger charge is 2.21. The molecule has 0 fully saturated rings. The molecule has 6 heteroatoms. The third-order valence-electron chi connectivity index (χ3n) is 4.40. The Bertz CT molecular complexity index is 877. The molecule has 2 N–H and O–H groups in total. The van der Waals surface area contributed by atoms with E-state index in [0.29, 0.717) is 11.6 Å². The van der Waals surface area contributed by atoms with Crippen molar-refractivity contribution in [3.05, 3.63) is 66.1 Å². The number of nitrogens with one attached hydrogen (secondary N) is 2. The molecule has 126 valence electrons. The molecule has 0 saturated carbocycles. The molecule has 1 aliphatic rings. The lowest BCUT2D eigenvalue weighted by Gasteiger charge is -2.26. The normalized spacial score (nSPS) is 16.1. The van der Waals surface area contributed by atoms with Crippen molar-refractivity contribution in [1.82, 2.24) is 15.5 Å². The Morgan fingerprint density at radius 2 is 2.08 bits per heavy atom. The van der Waals surface area contributed by atoms with Gasteiger partial charge in [0.25, 0.3) is 0 Å². The Kier molecular flexibility index (Phi) is 4.16. The lowest BCUT2D eigenvalue weighted by molar-refractivity contribution is 0.247. The van der Waals surface area contributed by atoms with Crippen LogP contribution in [0.4, 0.5) is 10.5 Å². The van der Waals surface area contributed by atoms with Gasteiger partial charge in [-0.2, -0.15) is 0 Å². The summed E-state index contributed by atoms with van der Waals surface area (Å²) in [5.74, 6) is 0.422. The zero-order chi connectivity index (χ0) is 17.1. The summed E-state index contributed by atoms with van der Waals surface area (Å²) in [6.07, 6.45) is 4.38. The van der Waals surface area contributed by atoms with Crippen LogP contribution in [-0.2, 0) is 6.42 Å². The van der Waals surface area contributed by atoms with Crippen LogP contribution in [-0.4, -0.2) is 16.2 Å². The van der Waals surface area contributed by atoms with Gasteiger partial charge in [-0.05, 0) is 48.6 Å². The molecular weight excluding hydrogens is 316 g/mol. The molecule has 6 nitrogen and oxygen atoms in total. The maximum absolute atomic E-state index is 12.4. The van der Waals surface area contributed by atoms with Crippen molar-refractivity contribution in [3.63, 3.8) is 0 Å². The van der Waals surface area contributed by atoms with E-state index in [1.54, 1.807) is 0 Å². The Morgan fingerprint density at radius 1 is 1.16 bits per heavy atom. The van der Waals surface area contributed by atoms with E-state index >= 15 is 0 Å². The molecule has 0 spiro atoms. The number of amides is 2. The second-order valence-corrected chi connectivity index (χ2v) is 6.07. The van der Waals surface area contributed by atoms with Crippen LogP contribution in [0.5, 0.6) is 0 Å². The summed E-state index contributed by atoms with van der Waals surface area (Å²) in [5, 5.41) is 13.5. The largest absolute Gasteiger partial charge is 0.423 e. The first-order chi connectivity index (χ1) is 12.3. The molecule has 0 saturated heterocycles. The summed E-state index contributed by atoms with van der Waals surface area (Å²) in [6.45, 7) is 0. The van der Waals surface area contributed by atoms with E-state index < -0.39 is 0 Å². The summed E-state index contributed by atoms with van der Waals surface area (Å²) in [5.41, 5.74) is 3.97. The molecule has 2 amide bonds. The number of carbonyl (C=O) groups is 1. The number of rotatable bonds is 3. The number of anilines is 1. The number of aromatic nitrogens is 2. The minimum absolute atomic E-state index is 0.0454. The second kappa shape index (κ2) is 6.76. The molecule has 0 radical (unpaired) electrons. The monoisotopic (exact) mass is 334 g/mol. The zero-order valence-corrected chi connectivity index (χ0v) is 13.6. The Hall–Kier alpha value is -3.15. The molecule has 1 unspecified atom stereocenters. The molecule has 4 rings (SSSR count).